The minimum atomic E-state index is -0.690. The molecular formula is C17H34IN5O. The first kappa shape index (κ1) is 23.2. The van der Waals surface area contributed by atoms with Gasteiger partial charge in [0.1, 0.15) is 0 Å². The first-order valence-electron chi connectivity index (χ1n) is 8.76. The summed E-state index contributed by atoms with van der Waals surface area (Å²) in [4.78, 5) is 4.57. The Labute approximate surface area is 163 Å². The molecule has 0 unspecified atom stereocenters. The highest BCUT2D eigenvalue weighted by Gasteiger charge is 2.24. The Morgan fingerprint density at radius 3 is 2.42 bits per heavy atom. The number of guanidine groups is 1. The largest absolute Gasteiger partial charge is 0.388 e. The molecule has 0 aliphatic carbocycles. The van der Waals surface area contributed by atoms with Crippen LogP contribution in [0.5, 0.6) is 0 Å². The van der Waals surface area contributed by atoms with E-state index in [0.717, 1.165) is 56.8 Å². The van der Waals surface area contributed by atoms with Gasteiger partial charge in [-0.15, -0.1) is 24.0 Å². The van der Waals surface area contributed by atoms with Crippen molar-refractivity contribution in [3.8, 4) is 0 Å². The molecule has 0 radical (unpaired) electrons. The predicted molar refractivity (Wildman–Crippen MR) is 111 cm³/mol. The van der Waals surface area contributed by atoms with Crippen LogP contribution in [-0.2, 0) is 6.54 Å². The Balaban J connectivity index is 0.00000529. The van der Waals surface area contributed by atoms with E-state index in [0.29, 0.717) is 6.54 Å². The topological polar surface area (TPSA) is 74.5 Å². The van der Waals surface area contributed by atoms with Crippen LogP contribution in [0.15, 0.2) is 17.4 Å². The normalized spacial score (nSPS) is 12.0. The fourth-order valence-corrected chi connectivity index (χ4v) is 2.66. The van der Waals surface area contributed by atoms with Gasteiger partial charge in [-0.2, -0.15) is 5.10 Å². The van der Waals surface area contributed by atoms with E-state index in [4.69, 9.17) is 0 Å². The Bertz CT molecular complexity index is 469. The van der Waals surface area contributed by atoms with Crippen molar-refractivity contribution in [2.24, 2.45) is 4.99 Å². The summed E-state index contributed by atoms with van der Waals surface area (Å²) in [6.07, 6.45) is 7.39. The molecule has 0 saturated heterocycles. The summed E-state index contributed by atoms with van der Waals surface area (Å²) in [5, 5.41) is 21.5. The maximum absolute atomic E-state index is 10.7. The van der Waals surface area contributed by atoms with Crippen molar-refractivity contribution < 1.29 is 5.11 Å². The summed E-state index contributed by atoms with van der Waals surface area (Å²) < 4.78 is 1.91. The van der Waals surface area contributed by atoms with E-state index in [9.17, 15) is 5.11 Å². The van der Waals surface area contributed by atoms with Gasteiger partial charge in [0.25, 0.3) is 0 Å². The number of aliphatic imine (C=N–C) groups is 1. The van der Waals surface area contributed by atoms with E-state index < -0.39 is 5.60 Å². The van der Waals surface area contributed by atoms with Gasteiger partial charge in [-0.3, -0.25) is 9.67 Å². The summed E-state index contributed by atoms with van der Waals surface area (Å²) in [5.74, 6) is 0.752. The Kier molecular flexibility index (Phi) is 12.1. The fraction of sp³-hybridized carbons (Fsp3) is 0.765. The highest BCUT2D eigenvalue weighted by Crippen LogP contribution is 2.19. The number of aliphatic hydroxyl groups is 1. The van der Waals surface area contributed by atoms with Crippen LogP contribution in [0.2, 0.25) is 0 Å². The van der Waals surface area contributed by atoms with Gasteiger partial charge in [-0.05, 0) is 32.3 Å². The molecule has 0 aromatic carbocycles. The van der Waals surface area contributed by atoms with Crippen molar-refractivity contribution in [1.82, 2.24) is 20.4 Å². The van der Waals surface area contributed by atoms with Gasteiger partial charge in [-0.1, -0.05) is 26.7 Å². The summed E-state index contributed by atoms with van der Waals surface area (Å²) in [5.41, 5.74) is 0.472. The molecule has 6 nitrogen and oxygen atoms in total. The molecule has 0 fully saturated rings. The highest BCUT2D eigenvalue weighted by atomic mass is 127. The van der Waals surface area contributed by atoms with Crippen molar-refractivity contribution in [2.45, 2.75) is 65.5 Å². The molecular weight excluding hydrogens is 417 g/mol. The molecule has 1 rings (SSSR count). The minimum absolute atomic E-state index is 0. The second-order valence-electron chi connectivity index (χ2n) is 6.13. The molecule has 1 aromatic rings. The van der Waals surface area contributed by atoms with Gasteiger partial charge in [0, 0.05) is 19.3 Å². The van der Waals surface area contributed by atoms with E-state index in [-0.39, 0.29) is 24.0 Å². The molecule has 0 amide bonds. The van der Waals surface area contributed by atoms with Gasteiger partial charge in [0.2, 0.25) is 0 Å². The van der Waals surface area contributed by atoms with Crippen LogP contribution in [0.25, 0.3) is 0 Å². The van der Waals surface area contributed by atoms with E-state index >= 15 is 0 Å². The third-order valence-corrected chi connectivity index (χ3v) is 3.70. The molecule has 0 atom stereocenters. The summed E-state index contributed by atoms with van der Waals surface area (Å²) in [6.45, 7) is 11.0. The lowest BCUT2D eigenvalue weighted by Crippen LogP contribution is -2.41. The SMILES string of the molecule is CCCC(O)(CCC)CN=C(NCC)NCCn1cc(C)cn1.I. The minimum Gasteiger partial charge on any atom is -0.388 e. The van der Waals surface area contributed by atoms with Crippen LogP contribution in [0.3, 0.4) is 0 Å². The van der Waals surface area contributed by atoms with Crippen molar-refractivity contribution in [3.63, 3.8) is 0 Å². The van der Waals surface area contributed by atoms with Crippen molar-refractivity contribution in [2.75, 3.05) is 19.6 Å². The second kappa shape index (κ2) is 12.5. The maximum atomic E-state index is 10.7. The maximum Gasteiger partial charge on any atom is 0.191 e. The number of aryl methyl sites for hydroxylation is 1. The van der Waals surface area contributed by atoms with Crippen molar-refractivity contribution >= 4 is 29.9 Å². The van der Waals surface area contributed by atoms with Gasteiger partial charge in [-0.25, -0.2) is 0 Å². The van der Waals surface area contributed by atoms with E-state index in [2.05, 4.69) is 34.6 Å². The predicted octanol–water partition coefficient (Wildman–Crippen LogP) is 2.70. The summed E-state index contributed by atoms with van der Waals surface area (Å²) in [6, 6.07) is 0. The van der Waals surface area contributed by atoms with E-state index in [1.165, 1.54) is 0 Å². The molecule has 0 spiro atoms. The second-order valence-corrected chi connectivity index (χ2v) is 6.13. The zero-order chi connectivity index (χ0) is 17.1. The lowest BCUT2D eigenvalue weighted by atomic mass is 9.93. The summed E-state index contributed by atoms with van der Waals surface area (Å²) in [7, 11) is 0. The molecule has 140 valence electrons. The molecule has 24 heavy (non-hydrogen) atoms. The van der Waals surface area contributed by atoms with Crippen molar-refractivity contribution in [1.29, 1.82) is 0 Å². The van der Waals surface area contributed by atoms with Crippen LogP contribution in [-0.4, -0.2) is 46.1 Å². The highest BCUT2D eigenvalue weighted by molar-refractivity contribution is 14.0. The van der Waals surface area contributed by atoms with Crippen LogP contribution in [0.1, 0.15) is 52.0 Å². The molecule has 3 N–H and O–H groups in total. The molecule has 1 heterocycles. The molecule has 0 saturated carbocycles. The smallest absolute Gasteiger partial charge is 0.191 e. The van der Waals surface area contributed by atoms with E-state index in [1.807, 2.05) is 30.9 Å². The molecule has 0 bridgehead atoms. The number of hydrogen-bond acceptors (Lipinski definition) is 3. The monoisotopic (exact) mass is 451 g/mol. The first-order valence-corrected chi connectivity index (χ1v) is 8.76. The molecule has 1 aromatic heterocycles. The zero-order valence-corrected chi connectivity index (χ0v) is 17.8. The van der Waals surface area contributed by atoms with Gasteiger partial charge < -0.3 is 15.7 Å². The fourth-order valence-electron chi connectivity index (χ4n) is 2.66. The van der Waals surface area contributed by atoms with Crippen LogP contribution in [0, 0.1) is 6.92 Å². The Hall–Kier alpha value is -0.830. The van der Waals surface area contributed by atoms with Crippen LogP contribution in [0.4, 0.5) is 0 Å². The van der Waals surface area contributed by atoms with Gasteiger partial charge in [0.05, 0.1) is 24.9 Å². The van der Waals surface area contributed by atoms with Crippen LogP contribution >= 0.6 is 24.0 Å². The number of hydrogen-bond donors (Lipinski definition) is 3. The molecule has 0 aliphatic heterocycles. The average molecular weight is 451 g/mol. The lowest BCUT2D eigenvalue weighted by Gasteiger charge is -2.26. The number of nitrogens with one attached hydrogen (secondary N) is 2. The third kappa shape index (κ3) is 8.86. The molecule has 7 heteroatoms. The Morgan fingerprint density at radius 1 is 1.25 bits per heavy atom. The van der Waals surface area contributed by atoms with Crippen LogP contribution < -0.4 is 10.6 Å². The Morgan fingerprint density at radius 2 is 1.92 bits per heavy atom. The summed E-state index contributed by atoms with van der Waals surface area (Å²) >= 11 is 0. The standard InChI is InChI=1S/C17H33N5O.HI/c1-5-8-17(23,9-6-2)14-20-16(18-7-3)19-10-11-22-13-15(4)12-21-22;/h12-13,23H,5-11,14H2,1-4H3,(H2,18,19,20);1H. The number of rotatable bonds is 10. The van der Waals surface area contributed by atoms with Gasteiger partial charge in [0.15, 0.2) is 5.96 Å². The molecule has 0 aliphatic rings. The van der Waals surface area contributed by atoms with Gasteiger partial charge >= 0.3 is 0 Å². The zero-order valence-electron chi connectivity index (χ0n) is 15.5. The van der Waals surface area contributed by atoms with Crippen molar-refractivity contribution in [3.05, 3.63) is 18.0 Å². The number of halogens is 1. The number of nitrogens with zero attached hydrogens (tertiary/aromatic N) is 3. The lowest BCUT2D eigenvalue weighted by molar-refractivity contribution is 0.0306. The first-order chi connectivity index (χ1) is 11.0. The van der Waals surface area contributed by atoms with E-state index in [1.54, 1.807) is 0 Å². The number of aromatic nitrogens is 2. The quantitative estimate of drug-likeness (QED) is 0.291. The average Bonchev–Trinajstić information content (AvgIpc) is 2.91. The third-order valence-electron chi connectivity index (χ3n) is 3.70.